The van der Waals surface area contributed by atoms with Gasteiger partial charge in [-0.05, 0) is 68.1 Å². The van der Waals surface area contributed by atoms with Crippen LogP contribution in [0.3, 0.4) is 0 Å². The van der Waals surface area contributed by atoms with E-state index in [4.69, 9.17) is 10.5 Å². The van der Waals surface area contributed by atoms with Gasteiger partial charge in [0.2, 0.25) is 0 Å². The highest BCUT2D eigenvalue weighted by Gasteiger charge is 2.19. The van der Waals surface area contributed by atoms with Crippen LogP contribution in [-0.4, -0.2) is 12.9 Å². The second kappa shape index (κ2) is 5.60. The largest absolute Gasteiger partial charge is 0.497 e. The number of carbonyl (C=O) groups excluding carboxylic acids is 1. The molecule has 0 saturated heterocycles. The molecule has 3 heteroatoms. The van der Waals surface area contributed by atoms with Crippen molar-refractivity contribution in [3.63, 3.8) is 0 Å². The fourth-order valence-electron chi connectivity index (χ4n) is 2.55. The number of methoxy groups -OCH3 is 1. The van der Waals surface area contributed by atoms with E-state index >= 15 is 0 Å². The molecule has 0 aliphatic heterocycles. The molecule has 110 valence electrons. The van der Waals surface area contributed by atoms with Crippen LogP contribution in [0, 0.1) is 27.7 Å². The third-order valence-corrected chi connectivity index (χ3v) is 4.10. The van der Waals surface area contributed by atoms with Crippen molar-refractivity contribution in [1.29, 1.82) is 0 Å². The van der Waals surface area contributed by atoms with Crippen molar-refractivity contribution in [3.05, 3.63) is 57.6 Å². The molecule has 0 radical (unpaired) electrons. The molecular formula is C18H21NO2. The number of ketones is 1. The molecule has 0 saturated carbocycles. The molecule has 21 heavy (non-hydrogen) atoms. The van der Waals surface area contributed by atoms with E-state index in [-0.39, 0.29) is 5.78 Å². The van der Waals surface area contributed by atoms with Gasteiger partial charge in [0.05, 0.1) is 7.11 Å². The molecule has 0 aromatic heterocycles. The Morgan fingerprint density at radius 2 is 1.57 bits per heavy atom. The molecular weight excluding hydrogens is 262 g/mol. The number of nitrogen functional groups attached to an aromatic ring is 1. The van der Waals surface area contributed by atoms with Gasteiger partial charge in [0.1, 0.15) is 5.75 Å². The van der Waals surface area contributed by atoms with E-state index in [0.29, 0.717) is 17.0 Å². The van der Waals surface area contributed by atoms with E-state index in [1.807, 2.05) is 27.7 Å². The van der Waals surface area contributed by atoms with Gasteiger partial charge in [-0.15, -0.1) is 0 Å². The van der Waals surface area contributed by atoms with Crippen molar-refractivity contribution < 1.29 is 9.53 Å². The fourth-order valence-corrected chi connectivity index (χ4v) is 2.55. The van der Waals surface area contributed by atoms with Gasteiger partial charge in [-0.2, -0.15) is 0 Å². The number of benzene rings is 2. The highest BCUT2D eigenvalue weighted by Crippen LogP contribution is 2.28. The van der Waals surface area contributed by atoms with Crippen LogP contribution in [0.1, 0.15) is 38.2 Å². The van der Waals surface area contributed by atoms with Crippen LogP contribution < -0.4 is 10.5 Å². The minimum atomic E-state index is -0.0480. The summed E-state index contributed by atoms with van der Waals surface area (Å²) in [6, 6.07) is 7.28. The molecule has 2 rings (SSSR count). The molecule has 2 aromatic rings. The minimum Gasteiger partial charge on any atom is -0.497 e. The van der Waals surface area contributed by atoms with E-state index in [9.17, 15) is 4.79 Å². The predicted octanol–water partition coefficient (Wildman–Crippen LogP) is 3.74. The number of carbonyl (C=O) groups is 1. The number of rotatable bonds is 3. The van der Waals surface area contributed by atoms with Gasteiger partial charge in [0.25, 0.3) is 0 Å². The maximum absolute atomic E-state index is 12.9. The van der Waals surface area contributed by atoms with Crippen molar-refractivity contribution in [3.8, 4) is 5.75 Å². The van der Waals surface area contributed by atoms with E-state index in [2.05, 4.69) is 6.07 Å². The molecule has 2 N–H and O–H groups in total. The smallest absolute Gasteiger partial charge is 0.195 e. The van der Waals surface area contributed by atoms with Gasteiger partial charge in [0.15, 0.2) is 5.78 Å². The van der Waals surface area contributed by atoms with Gasteiger partial charge >= 0.3 is 0 Å². The lowest BCUT2D eigenvalue weighted by Gasteiger charge is -2.15. The first-order valence-electron chi connectivity index (χ1n) is 6.92. The predicted molar refractivity (Wildman–Crippen MR) is 86.2 cm³/mol. The summed E-state index contributed by atoms with van der Waals surface area (Å²) < 4.78 is 5.20. The third kappa shape index (κ3) is 2.64. The molecule has 0 unspecified atom stereocenters. The van der Waals surface area contributed by atoms with Crippen molar-refractivity contribution in [2.75, 3.05) is 12.8 Å². The SMILES string of the molecule is COc1ccc(N)c(C(=O)c2c(C)c(C)cc(C)c2C)c1. The van der Waals surface area contributed by atoms with Crippen molar-refractivity contribution in [1.82, 2.24) is 0 Å². The molecule has 2 aromatic carbocycles. The Morgan fingerprint density at radius 1 is 1.00 bits per heavy atom. The zero-order chi connectivity index (χ0) is 15.7. The lowest BCUT2D eigenvalue weighted by molar-refractivity contribution is 0.103. The minimum absolute atomic E-state index is 0.0480. The molecule has 0 spiro atoms. The number of hydrogen-bond acceptors (Lipinski definition) is 3. The maximum atomic E-state index is 12.9. The quantitative estimate of drug-likeness (QED) is 0.689. The molecule has 3 nitrogen and oxygen atoms in total. The average Bonchev–Trinajstić information content (AvgIpc) is 2.46. The second-order valence-electron chi connectivity index (χ2n) is 5.42. The summed E-state index contributed by atoms with van der Waals surface area (Å²) in [5, 5.41) is 0. The number of nitrogens with two attached hydrogens (primary N) is 1. The van der Waals surface area contributed by atoms with E-state index in [1.54, 1.807) is 25.3 Å². The summed E-state index contributed by atoms with van der Waals surface area (Å²) in [4.78, 5) is 12.9. The lowest BCUT2D eigenvalue weighted by atomic mass is 9.89. The number of aryl methyl sites for hydroxylation is 2. The summed E-state index contributed by atoms with van der Waals surface area (Å²) in [6.45, 7) is 8.00. The van der Waals surface area contributed by atoms with Gasteiger partial charge in [-0.3, -0.25) is 4.79 Å². The molecule has 0 aliphatic rings. The topological polar surface area (TPSA) is 52.3 Å². The van der Waals surface area contributed by atoms with E-state index in [1.165, 1.54) is 0 Å². The van der Waals surface area contributed by atoms with Crippen molar-refractivity contribution in [2.24, 2.45) is 0 Å². The van der Waals surface area contributed by atoms with Crippen LogP contribution in [0.5, 0.6) is 5.75 Å². The summed E-state index contributed by atoms with van der Waals surface area (Å²) in [6.07, 6.45) is 0. The summed E-state index contributed by atoms with van der Waals surface area (Å²) in [5.41, 5.74) is 11.9. The van der Waals surface area contributed by atoms with Crippen molar-refractivity contribution >= 4 is 11.5 Å². The highest BCUT2D eigenvalue weighted by atomic mass is 16.5. The Kier molecular flexibility index (Phi) is 4.03. The molecule has 0 atom stereocenters. The molecule has 0 heterocycles. The second-order valence-corrected chi connectivity index (χ2v) is 5.42. The third-order valence-electron chi connectivity index (χ3n) is 4.10. The van der Waals surface area contributed by atoms with Crippen LogP contribution in [0.2, 0.25) is 0 Å². The fraction of sp³-hybridized carbons (Fsp3) is 0.278. The Balaban J connectivity index is 2.66. The Bertz CT molecular complexity index is 691. The first kappa shape index (κ1) is 15.1. The van der Waals surface area contributed by atoms with Gasteiger partial charge in [-0.25, -0.2) is 0 Å². The molecule has 0 aliphatic carbocycles. The number of ether oxygens (including phenoxy) is 1. The van der Waals surface area contributed by atoms with Crippen LogP contribution in [0.4, 0.5) is 5.69 Å². The summed E-state index contributed by atoms with van der Waals surface area (Å²) >= 11 is 0. The number of hydrogen-bond donors (Lipinski definition) is 1. The number of anilines is 1. The van der Waals surface area contributed by atoms with Crippen molar-refractivity contribution in [2.45, 2.75) is 27.7 Å². The highest BCUT2D eigenvalue weighted by molar-refractivity contribution is 6.14. The zero-order valence-electron chi connectivity index (χ0n) is 13.2. The normalized spacial score (nSPS) is 10.5. The first-order valence-corrected chi connectivity index (χ1v) is 6.92. The molecule has 0 bridgehead atoms. The van der Waals surface area contributed by atoms with E-state index in [0.717, 1.165) is 27.8 Å². The Morgan fingerprint density at radius 3 is 2.10 bits per heavy atom. The van der Waals surface area contributed by atoms with Crippen LogP contribution in [0.25, 0.3) is 0 Å². The van der Waals surface area contributed by atoms with Crippen LogP contribution >= 0.6 is 0 Å². The van der Waals surface area contributed by atoms with Crippen LogP contribution in [-0.2, 0) is 0 Å². The lowest BCUT2D eigenvalue weighted by Crippen LogP contribution is -2.11. The zero-order valence-corrected chi connectivity index (χ0v) is 13.2. The Hall–Kier alpha value is -2.29. The Labute approximate surface area is 125 Å². The van der Waals surface area contributed by atoms with Gasteiger partial charge in [0, 0.05) is 16.8 Å². The summed E-state index contributed by atoms with van der Waals surface area (Å²) in [5.74, 6) is 0.584. The first-order chi connectivity index (χ1) is 9.86. The van der Waals surface area contributed by atoms with E-state index < -0.39 is 0 Å². The summed E-state index contributed by atoms with van der Waals surface area (Å²) in [7, 11) is 1.58. The maximum Gasteiger partial charge on any atom is 0.195 e. The van der Waals surface area contributed by atoms with Crippen LogP contribution in [0.15, 0.2) is 24.3 Å². The average molecular weight is 283 g/mol. The molecule has 0 amide bonds. The molecule has 0 fully saturated rings. The standard InChI is InChI=1S/C18H21NO2/c1-10-8-11(2)13(4)17(12(10)3)18(20)15-9-14(21-5)6-7-16(15)19/h6-9H,19H2,1-5H3. The van der Waals surface area contributed by atoms with Gasteiger partial charge < -0.3 is 10.5 Å². The van der Waals surface area contributed by atoms with Gasteiger partial charge in [-0.1, -0.05) is 6.07 Å². The monoisotopic (exact) mass is 283 g/mol.